The predicted octanol–water partition coefficient (Wildman–Crippen LogP) is 1.85. The molecule has 2 saturated heterocycles. The third-order valence-electron chi connectivity index (χ3n) is 4.44. The second-order valence-corrected chi connectivity index (χ2v) is 7.04. The standard InChI is InChI=1S/C15H24N4OS/c1-11-10-21-15(17-11)18-14(20)9-19-7-3-4-12(8-19)13-5-2-6-16-13/h10,12-13,16H,2-9H2,1H3,(H,17,18,20). The lowest BCUT2D eigenvalue weighted by molar-refractivity contribution is -0.117. The normalized spacial score (nSPS) is 26.9. The fraction of sp³-hybridized carbons (Fsp3) is 0.733. The Morgan fingerprint density at radius 2 is 2.43 bits per heavy atom. The van der Waals surface area contributed by atoms with Crippen molar-refractivity contribution < 1.29 is 4.79 Å². The average Bonchev–Trinajstić information content (AvgIpc) is 3.11. The molecule has 0 spiro atoms. The van der Waals surface area contributed by atoms with Crippen molar-refractivity contribution in [2.45, 2.75) is 38.6 Å². The van der Waals surface area contributed by atoms with Crippen molar-refractivity contribution in [1.29, 1.82) is 0 Å². The van der Waals surface area contributed by atoms with Gasteiger partial charge in [-0.15, -0.1) is 11.3 Å². The summed E-state index contributed by atoms with van der Waals surface area (Å²) < 4.78 is 0. The molecule has 2 fully saturated rings. The van der Waals surface area contributed by atoms with E-state index in [1.165, 1.54) is 37.0 Å². The van der Waals surface area contributed by atoms with Gasteiger partial charge in [-0.25, -0.2) is 4.98 Å². The summed E-state index contributed by atoms with van der Waals surface area (Å²) in [6, 6.07) is 0.664. The molecule has 2 atom stereocenters. The van der Waals surface area contributed by atoms with E-state index in [2.05, 4.69) is 20.5 Å². The van der Waals surface area contributed by atoms with Gasteiger partial charge >= 0.3 is 0 Å². The molecule has 3 heterocycles. The van der Waals surface area contributed by atoms with E-state index in [-0.39, 0.29) is 5.91 Å². The van der Waals surface area contributed by atoms with Crippen LogP contribution < -0.4 is 10.6 Å². The minimum Gasteiger partial charge on any atom is -0.314 e. The van der Waals surface area contributed by atoms with Gasteiger partial charge in [0.25, 0.3) is 0 Å². The first-order valence-electron chi connectivity index (χ1n) is 7.88. The first-order chi connectivity index (χ1) is 10.2. The number of piperidine rings is 1. The molecule has 2 N–H and O–H groups in total. The van der Waals surface area contributed by atoms with E-state index >= 15 is 0 Å². The van der Waals surface area contributed by atoms with Crippen molar-refractivity contribution >= 4 is 22.4 Å². The van der Waals surface area contributed by atoms with E-state index in [1.807, 2.05) is 12.3 Å². The molecule has 0 radical (unpaired) electrons. The van der Waals surface area contributed by atoms with Crippen LogP contribution in [0.3, 0.4) is 0 Å². The molecule has 116 valence electrons. The van der Waals surface area contributed by atoms with E-state index in [0.717, 1.165) is 25.3 Å². The van der Waals surface area contributed by atoms with Crippen molar-refractivity contribution in [3.8, 4) is 0 Å². The number of likely N-dealkylation sites (tertiary alicyclic amines) is 1. The zero-order chi connectivity index (χ0) is 14.7. The SMILES string of the molecule is Cc1csc(NC(=O)CN2CCCC(C3CCCN3)C2)n1. The number of hydrogen-bond donors (Lipinski definition) is 2. The second kappa shape index (κ2) is 6.85. The van der Waals surface area contributed by atoms with Crippen LogP contribution in [0.5, 0.6) is 0 Å². The van der Waals surface area contributed by atoms with Crippen molar-refractivity contribution in [2.24, 2.45) is 5.92 Å². The Kier molecular flexibility index (Phi) is 4.87. The van der Waals surface area contributed by atoms with Gasteiger partial charge in [0.1, 0.15) is 0 Å². The fourth-order valence-corrected chi connectivity index (χ4v) is 4.15. The Labute approximate surface area is 130 Å². The summed E-state index contributed by atoms with van der Waals surface area (Å²) in [4.78, 5) is 18.7. The zero-order valence-corrected chi connectivity index (χ0v) is 13.4. The molecule has 0 saturated carbocycles. The number of nitrogens with zero attached hydrogens (tertiary/aromatic N) is 2. The lowest BCUT2D eigenvalue weighted by atomic mass is 9.90. The Balaban J connectivity index is 1.48. The smallest absolute Gasteiger partial charge is 0.240 e. The molecular weight excluding hydrogens is 284 g/mol. The molecule has 2 aliphatic rings. The number of nitrogens with one attached hydrogen (secondary N) is 2. The molecular formula is C15H24N4OS. The maximum atomic E-state index is 12.1. The van der Waals surface area contributed by atoms with E-state index in [0.29, 0.717) is 23.6 Å². The van der Waals surface area contributed by atoms with Crippen LogP contribution in [0.4, 0.5) is 5.13 Å². The summed E-state index contributed by atoms with van der Waals surface area (Å²) in [6.07, 6.45) is 5.09. The number of amides is 1. The van der Waals surface area contributed by atoms with E-state index in [4.69, 9.17) is 0 Å². The number of carbonyl (C=O) groups is 1. The molecule has 0 bridgehead atoms. The minimum atomic E-state index is 0.0596. The molecule has 2 unspecified atom stereocenters. The van der Waals surface area contributed by atoms with Crippen LogP contribution in [0.15, 0.2) is 5.38 Å². The van der Waals surface area contributed by atoms with Crippen molar-refractivity contribution in [2.75, 3.05) is 31.5 Å². The maximum absolute atomic E-state index is 12.1. The molecule has 1 aromatic rings. The highest BCUT2D eigenvalue weighted by Crippen LogP contribution is 2.24. The van der Waals surface area contributed by atoms with Crippen LogP contribution in [0.25, 0.3) is 0 Å². The second-order valence-electron chi connectivity index (χ2n) is 6.18. The van der Waals surface area contributed by atoms with Crippen LogP contribution in [-0.4, -0.2) is 48.0 Å². The van der Waals surface area contributed by atoms with Gasteiger partial charge in [-0.1, -0.05) is 0 Å². The molecule has 1 amide bonds. The van der Waals surface area contributed by atoms with Gasteiger partial charge in [-0.2, -0.15) is 0 Å². The van der Waals surface area contributed by atoms with Crippen molar-refractivity contribution in [3.05, 3.63) is 11.1 Å². The van der Waals surface area contributed by atoms with Gasteiger partial charge in [0.2, 0.25) is 5.91 Å². The molecule has 3 rings (SSSR count). The fourth-order valence-electron chi connectivity index (χ4n) is 3.45. The number of aromatic nitrogens is 1. The summed E-state index contributed by atoms with van der Waals surface area (Å²) in [6.45, 7) is 5.67. The van der Waals surface area contributed by atoms with Crippen molar-refractivity contribution in [3.63, 3.8) is 0 Å². The van der Waals surface area contributed by atoms with Gasteiger partial charge in [0.05, 0.1) is 12.2 Å². The number of carbonyl (C=O) groups excluding carboxylic acids is 1. The highest BCUT2D eigenvalue weighted by molar-refractivity contribution is 7.13. The summed E-state index contributed by atoms with van der Waals surface area (Å²) in [7, 11) is 0. The first-order valence-corrected chi connectivity index (χ1v) is 8.76. The molecule has 21 heavy (non-hydrogen) atoms. The van der Waals surface area contributed by atoms with Gasteiger partial charge < -0.3 is 10.6 Å². The van der Waals surface area contributed by atoms with Crippen LogP contribution in [0, 0.1) is 12.8 Å². The van der Waals surface area contributed by atoms with Gasteiger partial charge in [0.15, 0.2) is 5.13 Å². The predicted molar refractivity (Wildman–Crippen MR) is 85.7 cm³/mol. The van der Waals surface area contributed by atoms with Crippen LogP contribution >= 0.6 is 11.3 Å². The summed E-state index contributed by atoms with van der Waals surface area (Å²) in [5, 5.41) is 9.18. The Bertz CT molecular complexity index is 484. The number of thiazole rings is 1. The largest absolute Gasteiger partial charge is 0.314 e. The van der Waals surface area contributed by atoms with Gasteiger partial charge in [0, 0.05) is 18.0 Å². The average molecular weight is 308 g/mol. The third kappa shape index (κ3) is 4.02. The Morgan fingerprint density at radius 3 is 3.14 bits per heavy atom. The summed E-state index contributed by atoms with van der Waals surface area (Å²) in [5.74, 6) is 0.764. The topological polar surface area (TPSA) is 57.3 Å². The van der Waals surface area contributed by atoms with Crippen LogP contribution in [0.1, 0.15) is 31.4 Å². The number of hydrogen-bond acceptors (Lipinski definition) is 5. The van der Waals surface area contributed by atoms with Crippen LogP contribution in [0.2, 0.25) is 0 Å². The molecule has 2 aliphatic heterocycles. The van der Waals surface area contributed by atoms with E-state index < -0.39 is 0 Å². The quantitative estimate of drug-likeness (QED) is 0.891. The lowest BCUT2D eigenvalue weighted by Gasteiger charge is -2.35. The molecule has 1 aromatic heterocycles. The lowest BCUT2D eigenvalue weighted by Crippen LogP contribution is -2.45. The molecule has 0 aromatic carbocycles. The summed E-state index contributed by atoms with van der Waals surface area (Å²) in [5.41, 5.74) is 0.959. The van der Waals surface area contributed by atoms with E-state index in [9.17, 15) is 4.79 Å². The number of anilines is 1. The van der Waals surface area contributed by atoms with Crippen LogP contribution in [-0.2, 0) is 4.79 Å². The maximum Gasteiger partial charge on any atom is 0.240 e. The summed E-state index contributed by atoms with van der Waals surface area (Å²) >= 11 is 1.49. The Hall–Kier alpha value is -0.980. The highest BCUT2D eigenvalue weighted by atomic mass is 32.1. The number of aryl methyl sites for hydroxylation is 1. The minimum absolute atomic E-state index is 0.0596. The molecule has 5 nitrogen and oxygen atoms in total. The van der Waals surface area contributed by atoms with Gasteiger partial charge in [-0.3, -0.25) is 9.69 Å². The van der Waals surface area contributed by atoms with Crippen molar-refractivity contribution in [1.82, 2.24) is 15.2 Å². The molecule has 0 aliphatic carbocycles. The van der Waals surface area contributed by atoms with Gasteiger partial charge in [-0.05, 0) is 51.6 Å². The Morgan fingerprint density at radius 1 is 1.52 bits per heavy atom. The first kappa shape index (κ1) is 14.9. The van der Waals surface area contributed by atoms with E-state index in [1.54, 1.807) is 0 Å². The third-order valence-corrected chi connectivity index (χ3v) is 5.32. The molecule has 6 heteroatoms. The highest BCUT2D eigenvalue weighted by Gasteiger charge is 2.29. The zero-order valence-electron chi connectivity index (χ0n) is 12.6. The monoisotopic (exact) mass is 308 g/mol. The number of rotatable bonds is 4.